The Kier molecular flexibility index (Phi) is 5.98. The second-order valence-electron chi connectivity index (χ2n) is 4.36. The molecule has 0 spiro atoms. The van der Waals surface area contributed by atoms with Crippen LogP contribution in [0.3, 0.4) is 0 Å². The number of piperidine rings is 1. The third-order valence-electron chi connectivity index (χ3n) is 2.93. The van der Waals surface area contributed by atoms with E-state index in [9.17, 15) is 9.00 Å². The number of carbonyl (C=O) groups is 1. The highest BCUT2D eigenvalue weighted by Crippen LogP contribution is 2.14. The van der Waals surface area contributed by atoms with Crippen LogP contribution in [-0.2, 0) is 15.6 Å². The second kappa shape index (κ2) is 7.01. The predicted molar refractivity (Wildman–Crippen MR) is 66.7 cm³/mol. The molecular formula is C11H22N2O2S. The van der Waals surface area contributed by atoms with Crippen molar-refractivity contribution in [1.82, 2.24) is 10.6 Å². The molecule has 0 aromatic carbocycles. The van der Waals surface area contributed by atoms with Crippen molar-refractivity contribution in [1.29, 1.82) is 0 Å². The third-order valence-corrected chi connectivity index (χ3v) is 4.24. The van der Waals surface area contributed by atoms with Gasteiger partial charge in [-0.15, -0.1) is 0 Å². The third kappa shape index (κ3) is 4.61. The van der Waals surface area contributed by atoms with Crippen LogP contribution in [-0.4, -0.2) is 40.8 Å². The lowest BCUT2D eigenvalue weighted by molar-refractivity contribution is -0.123. The average molecular weight is 246 g/mol. The molecule has 1 saturated heterocycles. The van der Waals surface area contributed by atoms with E-state index >= 15 is 0 Å². The van der Waals surface area contributed by atoms with Gasteiger partial charge in [0.25, 0.3) is 0 Å². The first-order chi connectivity index (χ1) is 7.63. The number of rotatable bonds is 5. The molecule has 94 valence electrons. The fourth-order valence-electron chi connectivity index (χ4n) is 1.86. The molecule has 0 radical (unpaired) electrons. The van der Waals surface area contributed by atoms with Gasteiger partial charge in [0.15, 0.2) is 0 Å². The van der Waals surface area contributed by atoms with Crippen LogP contribution in [0.2, 0.25) is 0 Å². The van der Waals surface area contributed by atoms with Crippen LogP contribution in [0.1, 0.15) is 26.7 Å². The van der Waals surface area contributed by atoms with Gasteiger partial charge in [-0.3, -0.25) is 9.00 Å². The monoisotopic (exact) mass is 246 g/mol. The molecule has 1 aliphatic rings. The zero-order chi connectivity index (χ0) is 12.0. The Labute approximate surface area is 100 Å². The molecule has 3 unspecified atom stereocenters. The highest BCUT2D eigenvalue weighted by Gasteiger charge is 2.23. The van der Waals surface area contributed by atoms with Gasteiger partial charge in [0.1, 0.15) is 0 Å². The molecule has 0 bridgehead atoms. The van der Waals surface area contributed by atoms with E-state index in [4.69, 9.17) is 0 Å². The lowest BCUT2D eigenvalue weighted by Crippen LogP contribution is -2.49. The summed E-state index contributed by atoms with van der Waals surface area (Å²) in [5.41, 5.74) is 0. The van der Waals surface area contributed by atoms with Crippen LogP contribution in [0.5, 0.6) is 0 Å². The Bertz CT molecular complexity index is 258. The van der Waals surface area contributed by atoms with Crippen molar-refractivity contribution in [3.8, 4) is 0 Å². The van der Waals surface area contributed by atoms with E-state index in [1.54, 1.807) is 0 Å². The summed E-state index contributed by atoms with van der Waals surface area (Å²) in [5.74, 6) is 1.89. The molecule has 5 heteroatoms. The van der Waals surface area contributed by atoms with Gasteiger partial charge in [-0.1, -0.05) is 13.8 Å². The van der Waals surface area contributed by atoms with Crippen LogP contribution in [0.15, 0.2) is 0 Å². The smallest absolute Gasteiger partial charge is 0.237 e. The number of hydrogen-bond acceptors (Lipinski definition) is 3. The first-order valence-corrected chi connectivity index (χ1v) is 7.48. The molecule has 4 nitrogen and oxygen atoms in total. The summed E-state index contributed by atoms with van der Waals surface area (Å²) in [5, 5.41) is 6.06. The number of amides is 1. The molecule has 0 aliphatic carbocycles. The molecule has 1 fully saturated rings. The normalized spacial score (nSPS) is 27.4. The van der Waals surface area contributed by atoms with Crippen LogP contribution >= 0.6 is 0 Å². The summed E-state index contributed by atoms with van der Waals surface area (Å²) in [6.07, 6.45) is 2.05. The van der Waals surface area contributed by atoms with E-state index in [0.29, 0.717) is 24.0 Å². The van der Waals surface area contributed by atoms with Gasteiger partial charge in [-0.25, -0.2) is 0 Å². The Morgan fingerprint density at radius 1 is 1.56 bits per heavy atom. The minimum atomic E-state index is -0.790. The maximum Gasteiger partial charge on any atom is 0.237 e. The fourth-order valence-corrected chi connectivity index (χ4v) is 2.48. The minimum Gasteiger partial charge on any atom is -0.354 e. The van der Waals surface area contributed by atoms with E-state index in [1.165, 1.54) is 0 Å². The number of carbonyl (C=O) groups excluding carboxylic acids is 1. The first-order valence-electron chi connectivity index (χ1n) is 5.99. The van der Waals surface area contributed by atoms with Gasteiger partial charge in [0.05, 0.1) is 6.04 Å². The summed E-state index contributed by atoms with van der Waals surface area (Å²) >= 11 is 0. The minimum absolute atomic E-state index is 0.0552. The molecule has 0 aromatic heterocycles. The van der Waals surface area contributed by atoms with Crippen LogP contribution < -0.4 is 10.6 Å². The van der Waals surface area contributed by atoms with Crippen LogP contribution in [0.25, 0.3) is 0 Å². The number of nitrogens with one attached hydrogen (secondary N) is 2. The molecule has 1 amide bonds. The fraction of sp³-hybridized carbons (Fsp3) is 0.909. The Balaban J connectivity index is 2.21. The molecule has 1 heterocycles. The Morgan fingerprint density at radius 3 is 2.94 bits per heavy atom. The van der Waals surface area contributed by atoms with Crippen molar-refractivity contribution in [3.05, 3.63) is 0 Å². The van der Waals surface area contributed by atoms with E-state index in [1.807, 2.05) is 6.92 Å². The summed E-state index contributed by atoms with van der Waals surface area (Å²) in [6, 6.07) is -0.0567. The molecule has 1 aliphatic heterocycles. The lowest BCUT2D eigenvalue weighted by Gasteiger charge is -2.27. The number of hydrogen-bond donors (Lipinski definition) is 2. The molecule has 0 saturated carbocycles. The van der Waals surface area contributed by atoms with Crippen molar-refractivity contribution in [2.24, 2.45) is 5.92 Å². The first kappa shape index (κ1) is 13.6. The zero-order valence-electron chi connectivity index (χ0n) is 10.1. The van der Waals surface area contributed by atoms with Gasteiger partial charge >= 0.3 is 0 Å². The van der Waals surface area contributed by atoms with Gasteiger partial charge in [-0.05, 0) is 25.3 Å². The second-order valence-corrected chi connectivity index (χ2v) is 6.23. The Morgan fingerprint density at radius 2 is 2.31 bits per heavy atom. The van der Waals surface area contributed by atoms with E-state index in [2.05, 4.69) is 17.6 Å². The van der Waals surface area contributed by atoms with Gasteiger partial charge in [-0.2, -0.15) is 0 Å². The quantitative estimate of drug-likeness (QED) is 0.731. The molecule has 16 heavy (non-hydrogen) atoms. The van der Waals surface area contributed by atoms with Gasteiger partial charge < -0.3 is 10.6 Å². The highest BCUT2D eigenvalue weighted by molar-refractivity contribution is 7.84. The summed E-state index contributed by atoms with van der Waals surface area (Å²) in [4.78, 5) is 11.7. The Hall–Kier alpha value is -0.420. The molecule has 1 rings (SSSR count). The van der Waals surface area contributed by atoms with Crippen molar-refractivity contribution < 1.29 is 9.00 Å². The highest BCUT2D eigenvalue weighted by atomic mass is 32.2. The maximum atomic E-state index is 11.7. The van der Waals surface area contributed by atoms with Gasteiger partial charge in [0.2, 0.25) is 5.91 Å². The van der Waals surface area contributed by atoms with Crippen molar-refractivity contribution >= 4 is 16.7 Å². The van der Waals surface area contributed by atoms with Crippen molar-refractivity contribution in [2.75, 3.05) is 24.6 Å². The average Bonchev–Trinajstić information content (AvgIpc) is 2.28. The summed E-state index contributed by atoms with van der Waals surface area (Å²) in [7, 11) is -0.790. The SMILES string of the molecule is CCS(=O)CCNC(=O)C1CC(C)CCN1. The molecular weight excluding hydrogens is 224 g/mol. The zero-order valence-corrected chi connectivity index (χ0v) is 10.9. The predicted octanol–water partition coefficient (Wildman–Crippen LogP) is 0.259. The van der Waals surface area contributed by atoms with Crippen LogP contribution in [0, 0.1) is 5.92 Å². The van der Waals surface area contributed by atoms with E-state index < -0.39 is 10.8 Å². The maximum absolute atomic E-state index is 11.7. The lowest BCUT2D eigenvalue weighted by atomic mass is 9.94. The van der Waals surface area contributed by atoms with Gasteiger partial charge in [0, 0.05) is 28.9 Å². The molecule has 3 atom stereocenters. The van der Waals surface area contributed by atoms with Crippen LogP contribution in [0.4, 0.5) is 0 Å². The standard InChI is InChI=1S/C11H22N2O2S/c1-3-16(15)7-6-13-11(14)10-8-9(2)4-5-12-10/h9-10,12H,3-8H2,1-2H3,(H,13,14). The molecule has 2 N–H and O–H groups in total. The van der Waals surface area contributed by atoms with E-state index in [-0.39, 0.29) is 11.9 Å². The summed E-state index contributed by atoms with van der Waals surface area (Å²) in [6.45, 7) is 5.50. The van der Waals surface area contributed by atoms with Crippen molar-refractivity contribution in [2.45, 2.75) is 32.7 Å². The topological polar surface area (TPSA) is 58.2 Å². The largest absolute Gasteiger partial charge is 0.354 e. The summed E-state index contributed by atoms with van der Waals surface area (Å²) < 4.78 is 11.2. The van der Waals surface area contributed by atoms with Crippen molar-refractivity contribution in [3.63, 3.8) is 0 Å². The van der Waals surface area contributed by atoms with E-state index in [0.717, 1.165) is 19.4 Å². The molecule has 0 aromatic rings.